The monoisotopic (exact) mass is 427 g/mol. The molecule has 33 heavy (non-hydrogen) atoms. The molecule has 1 aliphatic rings. The molecule has 4 aromatic carbocycles. The average Bonchev–Trinajstić information content (AvgIpc) is 3.33. The number of aryl methyl sites for hydroxylation is 1. The van der Waals surface area contributed by atoms with Crippen LogP contribution < -0.4 is 5.32 Å². The normalized spacial score (nSPS) is 18.4. The molecule has 160 valence electrons. The van der Waals surface area contributed by atoms with Crippen molar-refractivity contribution >= 4 is 28.0 Å². The van der Waals surface area contributed by atoms with Gasteiger partial charge in [0, 0.05) is 40.5 Å². The molecular formula is C30H25N3. The molecule has 1 N–H and O–H groups in total. The van der Waals surface area contributed by atoms with Gasteiger partial charge in [0.15, 0.2) is 0 Å². The van der Waals surface area contributed by atoms with E-state index in [4.69, 9.17) is 4.99 Å². The minimum atomic E-state index is -0.619. The van der Waals surface area contributed by atoms with E-state index in [1.54, 1.807) is 0 Å². The van der Waals surface area contributed by atoms with Crippen molar-refractivity contribution in [3.8, 4) is 0 Å². The number of nitrogens with zero attached hydrogens (tertiary/aromatic N) is 2. The summed E-state index contributed by atoms with van der Waals surface area (Å²) >= 11 is 0. The molecule has 1 aromatic heterocycles. The van der Waals surface area contributed by atoms with Gasteiger partial charge in [-0.2, -0.15) is 0 Å². The maximum Gasteiger partial charge on any atom is 0.134 e. The molecule has 0 amide bonds. The number of para-hydroxylation sites is 3. The summed E-state index contributed by atoms with van der Waals surface area (Å²) in [6.45, 7) is 2.21. The van der Waals surface area contributed by atoms with Gasteiger partial charge in [-0.05, 0) is 36.8 Å². The lowest BCUT2D eigenvalue weighted by Gasteiger charge is -2.33. The Bertz CT molecular complexity index is 1500. The van der Waals surface area contributed by atoms with Gasteiger partial charge in [-0.3, -0.25) is 0 Å². The molecule has 2 heterocycles. The lowest BCUT2D eigenvalue weighted by molar-refractivity contribution is 0.789. The topological polar surface area (TPSA) is 29.3 Å². The van der Waals surface area contributed by atoms with Gasteiger partial charge in [-0.25, -0.2) is 4.99 Å². The lowest BCUT2D eigenvalue weighted by Crippen LogP contribution is -2.41. The summed E-state index contributed by atoms with van der Waals surface area (Å²) in [4.78, 5) is 5.31. The van der Waals surface area contributed by atoms with Gasteiger partial charge in [0.1, 0.15) is 5.54 Å². The number of hydrogen-bond acceptors (Lipinski definition) is 2. The van der Waals surface area contributed by atoms with Crippen LogP contribution in [0, 0.1) is 6.92 Å². The van der Waals surface area contributed by atoms with Crippen molar-refractivity contribution in [3.05, 3.63) is 132 Å². The van der Waals surface area contributed by atoms with Gasteiger partial charge in [-0.15, -0.1) is 0 Å². The maximum absolute atomic E-state index is 5.31. The van der Waals surface area contributed by atoms with Crippen LogP contribution in [-0.2, 0) is 12.6 Å². The predicted octanol–water partition coefficient (Wildman–Crippen LogP) is 6.98. The minimum absolute atomic E-state index is 0.619. The fourth-order valence-electron chi connectivity index (χ4n) is 5.25. The van der Waals surface area contributed by atoms with E-state index in [1.165, 1.54) is 27.7 Å². The Hall–Kier alpha value is -4.11. The number of rotatable bonds is 3. The average molecular weight is 428 g/mol. The van der Waals surface area contributed by atoms with Gasteiger partial charge in [0.2, 0.25) is 0 Å². The zero-order valence-corrected chi connectivity index (χ0v) is 18.8. The number of benzene rings is 4. The third-order valence-corrected chi connectivity index (χ3v) is 6.84. The molecule has 1 aliphatic heterocycles. The first-order chi connectivity index (χ1) is 16.2. The first-order valence-corrected chi connectivity index (χ1v) is 11.3. The molecule has 0 fully saturated rings. The molecular weight excluding hydrogens is 402 g/mol. The highest BCUT2D eigenvalue weighted by molar-refractivity contribution is 6.21. The van der Waals surface area contributed by atoms with Crippen LogP contribution in [0.25, 0.3) is 10.9 Å². The summed E-state index contributed by atoms with van der Waals surface area (Å²) in [7, 11) is 2.15. The van der Waals surface area contributed by atoms with Gasteiger partial charge in [0.05, 0.1) is 11.4 Å². The summed E-state index contributed by atoms with van der Waals surface area (Å²) < 4.78 is 2.29. The van der Waals surface area contributed by atoms with Crippen molar-refractivity contribution in [3.63, 3.8) is 0 Å². The van der Waals surface area contributed by atoms with E-state index in [1.807, 2.05) is 18.2 Å². The van der Waals surface area contributed by atoms with E-state index in [-0.39, 0.29) is 0 Å². The quantitative estimate of drug-likeness (QED) is 0.331. The standard InChI is InChI=1S/C30H25N3/c1-21-28(25-18-10-12-20-27(25)33(21)2)30(22-13-5-3-6-14-22)29(31-23-15-7-4-8-16-23)24-17-9-11-19-26(24)32-30/h3-20,32H,1-2H3. The smallest absolute Gasteiger partial charge is 0.134 e. The zero-order valence-electron chi connectivity index (χ0n) is 18.8. The Kier molecular flexibility index (Phi) is 4.44. The van der Waals surface area contributed by atoms with Crippen LogP contribution in [0.1, 0.15) is 22.4 Å². The molecule has 5 aromatic rings. The third-order valence-electron chi connectivity index (χ3n) is 6.84. The van der Waals surface area contributed by atoms with Gasteiger partial charge in [0.25, 0.3) is 0 Å². The minimum Gasteiger partial charge on any atom is -0.366 e. The fourth-order valence-corrected chi connectivity index (χ4v) is 5.25. The first kappa shape index (κ1) is 19.6. The van der Waals surface area contributed by atoms with Crippen LogP contribution >= 0.6 is 0 Å². The number of anilines is 1. The number of nitrogens with one attached hydrogen (secondary N) is 1. The van der Waals surface area contributed by atoms with Gasteiger partial charge in [-0.1, -0.05) is 84.9 Å². The summed E-state index contributed by atoms with van der Waals surface area (Å²) in [5.74, 6) is 0. The Morgan fingerprint density at radius 3 is 2.15 bits per heavy atom. The molecule has 3 heteroatoms. The highest BCUT2D eigenvalue weighted by Crippen LogP contribution is 2.48. The second kappa shape index (κ2) is 7.49. The van der Waals surface area contributed by atoms with Crippen LogP contribution in [0.5, 0.6) is 0 Å². The SMILES string of the molecule is Cc1c(C2(c3ccccc3)Nc3ccccc3C2=Nc2ccccc2)c2ccccc2n1C. The molecule has 6 rings (SSSR count). The van der Waals surface area contributed by atoms with Crippen molar-refractivity contribution in [2.45, 2.75) is 12.5 Å². The Labute approximate surface area is 194 Å². The van der Waals surface area contributed by atoms with Crippen LogP contribution in [0.2, 0.25) is 0 Å². The maximum atomic E-state index is 5.31. The Morgan fingerprint density at radius 2 is 1.36 bits per heavy atom. The van der Waals surface area contributed by atoms with Crippen LogP contribution in [0.15, 0.2) is 114 Å². The number of fused-ring (bicyclic) bond motifs is 2. The van der Waals surface area contributed by atoms with E-state index < -0.39 is 5.54 Å². The summed E-state index contributed by atoms with van der Waals surface area (Å²) in [5, 5.41) is 5.19. The van der Waals surface area contributed by atoms with Crippen molar-refractivity contribution in [2.75, 3.05) is 5.32 Å². The van der Waals surface area contributed by atoms with E-state index >= 15 is 0 Å². The third kappa shape index (κ3) is 2.86. The van der Waals surface area contributed by atoms with Crippen molar-refractivity contribution in [1.29, 1.82) is 0 Å². The van der Waals surface area contributed by atoms with E-state index in [9.17, 15) is 0 Å². The molecule has 0 saturated heterocycles. The second-order valence-corrected chi connectivity index (χ2v) is 8.62. The second-order valence-electron chi connectivity index (χ2n) is 8.62. The number of aliphatic imine (C=N–C) groups is 1. The lowest BCUT2D eigenvalue weighted by atomic mass is 9.77. The van der Waals surface area contributed by atoms with Gasteiger partial charge >= 0.3 is 0 Å². The van der Waals surface area contributed by atoms with Gasteiger partial charge < -0.3 is 9.88 Å². The van der Waals surface area contributed by atoms with Crippen molar-refractivity contribution < 1.29 is 0 Å². The largest absolute Gasteiger partial charge is 0.366 e. The van der Waals surface area contributed by atoms with Crippen LogP contribution in [0.4, 0.5) is 11.4 Å². The zero-order chi connectivity index (χ0) is 22.4. The molecule has 0 spiro atoms. The molecule has 0 saturated carbocycles. The molecule has 0 bridgehead atoms. The Morgan fingerprint density at radius 1 is 0.727 bits per heavy atom. The summed E-state index contributed by atoms with van der Waals surface area (Å²) in [6, 6.07) is 38.1. The molecule has 1 unspecified atom stereocenters. The predicted molar refractivity (Wildman–Crippen MR) is 138 cm³/mol. The molecule has 3 nitrogen and oxygen atoms in total. The fraction of sp³-hybridized carbons (Fsp3) is 0.100. The van der Waals surface area contributed by atoms with E-state index in [2.05, 4.69) is 115 Å². The number of hydrogen-bond donors (Lipinski definition) is 1. The number of aromatic nitrogens is 1. The summed E-state index contributed by atoms with van der Waals surface area (Å²) in [5.41, 5.74) is 8.46. The highest BCUT2D eigenvalue weighted by atomic mass is 15.1. The van der Waals surface area contributed by atoms with Crippen molar-refractivity contribution in [2.24, 2.45) is 12.0 Å². The molecule has 0 radical (unpaired) electrons. The summed E-state index contributed by atoms with van der Waals surface area (Å²) in [6.07, 6.45) is 0. The molecule has 0 aliphatic carbocycles. The molecule has 1 atom stereocenters. The van der Waals surface area contributed by atoms with Crippen LogP contribution in [0.3, 0.4) is 0 Å². The van der Waals surface area contributed by atoms with E-state index in [0.29, 0.717) is 0 Å². The Balaban J connectivity index is 1.77. The van der Waals surface area contributed by atoms with Crippen molar-refractivity contribution in [1.82, 2.24) is 4.57 Å². The van der Waals surface area contributed by atoms with Crippen LogP contribution in [-0.4, -0.2) is 10.3 Å². The van der Waals surface area contributed by atoms with E-state index in [0.717, 1.165) is 22.6 Å². The highest BCUT2D eigenvalue weighted by Gasteiger charge is 2.48. The first-order valence-electron chi connectivity index (χ1n) is 11.3.